The van der Waals surface area contributed by atoms with Crippen molar-refractivity contribution in [2.45, 2.75) is 13.8 Å². The molecule has 0 bridgehead atoms. The van der Waals surface area contributed by atoms with E-state index in [0.717, 1.165) is 23.0 Å². The van der Waals surface area contributed by atoms with Crippen molar-refractivity contribution >= 4 is 27.6 Å². The third-order valence-corrected chi connectivity index (χ3v) is 3.42. The van der Waals surface area contributed by atoms with Crippen LogP contribution in [0, 0.1) is 0 Å². The lowest BCUT2D eigenvalue weighted by Gasteiger charge is -2.11. The first-order chi connectivity index (χ1) is 9.82. The van der Waals surface area contributed by atoms with Gasteiger partial charge in [0, 0.05) is 11.3 Å². The minimum absolute atomic E-state index is 0.357. The minimum Gasteiger partial charge on any atom is -0.298 e. The highest BCUT2D eigenvalue weighted by molar-refractivity contribution is 7.92. The fourth-order valence-electron chi connectivity index (χ4n) is 2.01. The van der Waals surface area contributed by atoms with Gasteiger partial charge in [-0.1, -0.05) is 30.9 Å². The smallest absolute Gasteiger partial charge is 0.229 e. The Hall–Kier alpha value is -2.14. The Kier molecular flexibility index (Phi) is 5.67. The predicted octanol–water partition coefficient (Wildman–Crippen LogP) is 3.41. The molecular formula is C16H19NO3S. The molecule has 1 rings (SSSR count). The van der Waals surface area contributed by atoms with Crippen LogP contribution in [0.1, 0.15) is 29.8 Å². The molecule has 0 aliphatic heterocycles. The molecule has 21 heavy (non-hydrogen) atoms. The van der Waals surface area contributed by atoms with Crippen LogP contribution in [-0.2, 0) is 10.0 Å². The van der Waals surface area contributed by atoms with Gasteiger partial charge in [-0.05, 0) is 42.7 Å². The number of hydrogen-bond acceptors (Lipinski definition) is 3. The van der Waals surface area contributed by atoms with Crippen LogP contribution in [0.25, 0.3) is 5.57 Å². The first-order valence-corrected chi connectivity index (χ1v) is 8.25. The number of anilines is 1. The maximum absolute atomic E-state index is 11.3. The Labute approximate surface area is 125 Å². The van der Waals surface area contributed by atoms with Gasteiger partial charge in [0.1, 0.15) is 0 Å². The van der Waals surface area contributed by atoms with Crippen molar-refractivity contribution in [3.05, 3.63) is 59.7 Å². The third kappa shape index (κ3) is 4.72. The molecule has 0 atom stereocenters. The molecule has 0 amide bonds. The second kappa shape index (κ2) is 7.04. The highest BCUT2D eigenvalue weighted by Crippen LogP contribution is 2.26. The number of hydrogen-bond donors (Lipinski definition) is 1. The Morgan fingerprint density at radius 2 is 2.00 bits per heavy atom. The standard InChI is InChI=1S/C16H19NO3S/c1-5-7-12(3)15(6-2)16-9-8-14(10-13(16)11-18)17-21(4,19)20/h5-11,17H,2H2,1,3-4H3/b7-5-,15-12+. The van der Waals surface area contributed by atoms with Gasteiger partial charge in [-0.25, -0.2) is 8.42 Å². The van der Waals surface area contributed by atoms with Crippen LogP contribution >= 0.6 is 0 Å². The van der Waals surface area contributed by atoms with Gasteiger partial charge in [-0.15, -0.1) is 0 Å². The summed E-state index contributed by atoms with van der Waals surface area (Å²) in [5, 5.41) is 0. The van der Waals surface area contributed by atoms with Gasteiger partial charge in [-0.2, -0.15) is 0 Å². The lowest BCUT2D eigenvalue weighted by molar-refractivity contribution is 0.112. The zero-order valence-electron chi connectivity index (χ0n) is 12.4. The summed E-state index contributed by atoms with van der Waals surface area (Å²) in [7, 11) is -3.38. The Balaban J connectivity index is 3.42. The van der Waals surface area contributed by atoms with Crippen molar-refractivity contribution in [3.63, 3.8) is 0 Å². The van der Waals surface area contributed by atoms with Gasteiger partial charge < -0.3 is 0 Å². The Bertz CT molecular complexity index is 713. The van der Waals surface area contributed by atoms with Gasteiger partial charge in [0.15, 0.2) is 6.29 Å². The van der Waals surface area contributed by atoms with Crippen molar-refractivity contribution in [2.75, 3.05) is 11.0 Å². The first kappa shape index (κ1) is 16.9. The maximum atomic E-state index is 11.3. The number of aldehydes is 1. The van der Waals surface area contributed by atoms with Crippen LogP contribution < -0.4 is 4.72 Å². The second-order valence-electron chi connectivity index (χ2n) is 4.59. The molecular weight excluding hydrogens is 286 g/mol. The van der Waals surface area contributed by atoms with E-state index >= 15 is 0 Å². The zero-order valence-corrected chi connectivity index (χ0v) is 13.2. The molecule has 0 aliphatic rings. The molecule has 0 heterocycles. The van der Waals surface area contributed by atoms with Gasteiger partial charge in [0.25, 0.3) is 0 Å². The van der Waals surface area contributed by atoms with Crippen LogP contribution in [0.5, 0.6) is 0 Å². The number of carbonyl (C=O) groups excluding carboxylic acids is 1. The van der Waals surface area contributed by atoms with E-state index in [-0.39, 0.29) is 0 Å². The van der Waals surface area contributed by atoms with Crippen molar-refractivity contribution < 1.29 is 13.2 Å². The topological polar surface area (TPSA) is 63.2 Å². The maximum Gasteiger partial charge on any atom is 0.229 e. The van der Waals surface area contributed by atoms with Crippen molar-refractivity contribution in [1.29, 1.82) is 0 Å². The second-order valence-corrected chi connectivity index (χ2v) is 6.34. The van der Waals surface area contributed by atoms with E-state index in [1.807, 2.05) is 26.0 Å². The van der Waals surface area contributed by atoms with Crippen LogP contribution in [0.15, 0.2) is 48.6 Å². The number of benzene rings is 1. The van der Waals surface area contributed by atoms with E-state index in [4.69, 9.17) is 0 Å². The van der Waals surface area contributed by atoms with E-state index in [9.17, 15) is 13.2 Å². The Morgan fingerprint density at radius 3 is 2.48 bits per heavy atom. The average molecular weight is 305 g/mol. The lowest BCUT2D eigenvalue weighted by Crippen LogP contribution is -2.10. The summed E-state index contributed by atoms with van der Waals surface area (Å²) in [6.45, 7) is 7.61. The molecule has 0 aliphatic carbocycles. The molecule has 0 unspecified atom stereocenters. The molecule has 0 fully saturated rings. The van der Waals surface area contributed by atoms with E-state index < -0.39 is 10.0 Å². The lowest BCUT2D eigenvalue weighted by atomic mass is 9.95. The van der Waals surface area contributed by atoms with Crippen molar-refractivity contribution in [2.24, 2.45) is 0 Å². The summed E-state index contributed by atoms with van der Waals surface area (Å²) in [4.78, 5) is 11.3. The number of carbonyl (C=O) groups is 1. The summed E-state index contributed by atoms with van der Waals surface area (Å²) < 4.78 is 24.8. The van der Waals surface area contributed by atoms with E-state index in [1.54, 1.807) is 18.2 Å². The third-order valence-electron chi connectivity index (χ3n) is 2.82. The van der Waals surface area contributed by atoms with Gasteiger partial charge >= 0.3 is 0 Å². The van der Waals surface area contributed by atoms with E-state index in [1.165, 1.54) is 6.07 Å². The highest BCUT2D eigenvalue weighted by atomic mass is 32.2. The molecule has 112 valence electrons. The van der Waals surface area contributed by atoms with Crippen molar-refractivity contribution in [1.82, 2.24) is 0 Å². The molecule has 0 saturated carbocycles. The summed E-state index contributed by atoms with van der Waals surface area (Å²) >= 11 is 0. The molecule has 1 N–H and O–H groups in total. The monoisotopic (exact) mass is 305 g/mol. The first-order valence-electron chi connectivity index (χ1n) is 6.35. The van der Waals surface area contributed by atoms with E-state index in [0.29, 0.717) is 17.5 Å². The fraction of sp³-hybridized carbons (Fsp3) is 0.188. The Morgan fingerprint density at radius 1 is 1.33 bits per heavy atom. The molecule has 0 aromatic heterocycles. The molecule has 1 aromatic rings. The van der Waals surface area contributed by atoms with Crippen LogP contribution in [0.2, 0.25) is 0 Å². The molecule has 1 aromatic carbocycles. The SMILES string of the molecule is C=C/C(=C(C)\C=C/C)c1ccc(NS(C)(=O)=O)cc1C=O. The summed E-state index contributed by atoms with van der Waals surface area (Å²) in [6, 6.07) is 4.84. The highest BCUT2D eigenvalue weighted by Gasteiger charge is 2.10. The van der Waals surface area contributed by atoms with Crippen LogP contribution in [0.3, 0.4) is 0 Å². The summed E-state index contributed by atoms with van der Waals surface area (Å²) in [5.41, 5.74) is 3.29. The average Bonchev–Trinajstić information content (AvgIpc) is 2.39. The van der Waals surface area contributed by atoms with Gasteiger partial charge in [0.05, 0.1) is 6.26 Å². The summed E-state index contributed by atoms with van der Waals surface area (Å²) in [5.74, 6) is 0. The number of sulfonamides is 1. The molecule has 0 saturated heterocycles. The normalized spacial score (nSPS) is 12.9. The van der Waals surface area contributed by atoms with Gasteiger partial charge in [0.2, 0.25) is 10.0 Å². The number of allylic oxidation sites excluding steroid dienone is 5. The number of rotatable bonds is 6. The minimum atomic E-state index is -3.38. The zero-order chi connectivity index (χ0) is 16.0. The largest absolute Gasteiger partial charge is 0.298 e. The molecule has 5 heteroatoms. The molecule has 4 nitrogen and oxygen atoms in total. The molecule has 0 spiro atoms. The quantitative estimate of drug-likeness (QED) is 0.647. The van der Waals surface area contributed by atoms with Crippen LogP contribution in [0.4, 0.5) is 5.69 Å². The summed E-state index contributed by atoms with van der Waals surface area (Å²) in [6.07, 6.45) is 7.27. The fourth-order valence-corrected chi connectivity index (χ4v) is 2.56. The molecule has 0 radical (unpaired) electrons. The predicted molar refractivity (Wildman–Crippen MR) is 87.9 cm³/mol. The van der Waals surface area contributed by atoms with Crippen LogP contribution in [-0.4, -0.2) is 21.0 Å². The van der Waals surface area contributed by atoms with Gasteiger partial charge in [-0.3, -0.25) is 9.52 Å². The van der Waals surface area contributed by atoms with E-state index in [2.05, 4.69) is 11.3 Å². The number of nitrogens with one attached hydrogen (secondary N) is 1. The van der Waals surface area contributed by atoms with Crippen molar-refractivity contribution in [3.8, 4) is 0 Å².